The maximum absolute atomic E-state index is 12.1. The van der Waals surface area contributed by atoms with E-state index < -0.39 is 4.92 Å². The summed E-state index contributed by atoms with van der Waals surface area (Å²) in [5, 5.41) is 14.9. The van der Waals surface area contributed by atoms with Gasteiger partial charge in [-0.2, -0.15) is 0 Å². The summed E-state index contributed by atoms with van der Waals surface area (Å²) in [7, 11) is 0. The summed E-state index contributed by atoms with van der Waals surface area (Å²) in [6, 6.07) is 6.45. The molecule has 22 heavy (non-hydrogen) atoms. The number of benzene rings is 1. The number of fused-ring (bicyclic) bond motifs is 1. The van der Waals surface area contributed by atoms with Crippen molar-refractivity contribution in [2.75, 3.05) is 6.79 Å². The topological polar surface area (TPSA) is 90.7 Å². The van der Waals surface area contributed by atoms with Crippen LogP contribution in [-0.4, -0.2) is 17.6 Å². The number of amides is 1. The molecule has 0 unspecified atom stereocenters. The molecule has 0 saturated carbocycles. The van der Waals surface area contributed by atoms with Gasteiger partial charge in [0.05, 0.1) is 16.5 Å². The molecule has 0 bridgehead atoms. The predicted octanol–water partition coefficient (Wildman–Crippen LogP) is 2.88. The van der Waals surface area contributed by atoms with Crippen LogP contribution in [0, 0.1) is 10.1 Å². The highest BCUT2D eigenvalue weighted by molar-refractivity contribution is 7.13. The summed E-state index contributed by atoms with van der Waals surface area (Å²) in [4.78, 5) is 22.3. The number of rotatable bonds is 4. The molecule has 0 aliphatic carbocycles. The van der Waals surface area contributed by atoms with Crippen LogP contribution in [0.2, 0.25) is 0 Å². The lowest BCUT2D eigenvalue weighted by Crippen LogP contribution is -2.26. The van der Waals surface area contributed by atoms with Crippen molar-refractivity contribution in [2.24, 2.45) is 0 Å². The summed E-state index contributed by atoms with van der Waals surface area (Å²) in [5.41, 5.74) is 1.15. The Kier molecular flexibility index (Phi) is 3.68. The van der Waals surface area contributed by atoms with Gasteiger partial charge in [0.2, 0.25) is 6.79 Å². The molecule has 2 aromatic rings. The number of carbonyl (C=O) groups is 1. The second-order valence-corrected chi connectivity index (χ2v) is 5.63. The lowest BCUT2D eigenvalue weighted by molar-refractivity contribution is -0.380. The van der Waals surface area contributed by atoms with E-state index in [4.69, 9.17) is 9.47 Å². The molecule has 1 aliphatic heterocycles. The van der Waals surface area contributed by atoms with E-state index in [0.717, 1.165) is 16.9 Å². The zero-order valence-corrected chi connectivity index (χ0v) is 12.4. The largest absolute Gasteiger partial charge is 0.454 e. The Hall–Kier alpha value is -2.61. The molecule has 7 nitrogen and oxygen atoms in total. The normalized spacial score (nSPS) is 13.7. The number of hydrogen-bond acceptors (Lipinski definition) is 6. The fourth-order valence-electron chi connectivity index (χ4n) is 2.09. The Bertz CT molecular complexity index is 743. The second-order valence-electron chi connectivity index (χ2n) is 4.74. The van der Waals surface area contributed by atoms with E-state index >= 15 is 0 Å². The Morgan fingerprint density at radius 2 is 2.14 bits per heavy atom. The second kappa shape index (κ2) is 5.64. The van der Waals surface area contributed by atoms with Crippen LogP contribution in [0.4, 0.5) is 5.00 Å². The third-order valence-electron chi connectivity index (χ3n) is 3.27. The van der Waals surface area contributed by atoms with E-state index in [9.17, 15) is 14.9 Å². The van der Waals surface area contributed by atoms with E-state index in [2.05, 4.69) is 5.32 Å². The highest BCUT2D eigenvalue weighted by Gasteiger charge is 2.19. The molecule has 1 aromatic carbocycles. The number of carbonyl (C=O) groups excluding carboxylic acids is 1. The minimum absolute atomic E-state index is 0.0547. The van der Waals surface area contributed by atoms with Gasteiger partial charge < -0.3 is 14.8 Å². The van der Waals surface area contributed by atoms with Crippen LogP contribution >= 0.6 is 11.3 Å². The van der Waals surface area contributed by atoms with Gasteiger partial charge in [-0.25, -0.2) is 0 Å². The smallest absolute Gasteiger partial charge is 0.324 e. The van der Waals surface area contributed by atoms with Crippen molar-refractivity contribution in [2.45, 2.75) is 13.0 Å². The molecule has 1 aromatic heterocycles. The summed E-state index contributed by atoms with van der Waals surface area (Å²) in [6.45, 7) is 2.02. The number of nitrogens with zero attached hydrogens (tertiary/aromatic N) is 1. The van der Waals surface area contributed by atoms with Crippen LogP contribution in [0.3, 0.4) is 0 Å². The average molecular weight is 320 g/mol. The van der Waals surface area contributed by atoms with Crippen molar-refractivity contribution in [3.63, 3.8) is 0 Å². The van der Waals surface area contributed by atoms with Gasteiger partial charge in [-0.1, -0.05) is 17.4 Å². The van der Waals surface area contributed by atoms with Crippen LogP contribution in [0.1, 0.15) is 28.9 Å². The first-order valence-electron chi connectivity index (χ1n) is 6.48. The maximum atomic E-state index is 12.1. The van der Waals surface area contributed by atoms with Gasteiger partial charge >= 0.3 is 5.00 Å². The quantitative estimate of drug-likeness (QED) is 0.691. The van der Waals surface area contributed by atoms with Gasteiger partial charge in [-0.3, -0.25) is 14.9 Å². The zero-order chi connectivity index (χ0) is 15.7. The van der Waals surface area contributed by atoms with Gasteiger partial charge in [0.15, 0.2) is 11.5 Å². The number of ether oxygens (including phenoxy) is 2. The summed E-state index contributed by atoms with van der Waals surface area (Å²) < 4.78 is 10.5. The molecule has 1 amide bonds. The molecule has 3 rings (SSSR count). The first kappa shape index (κ1) is 14.3. The van der Waals surface area contributed by atoms with Gasteiger partial charge in [-0.05, 0) is 24.6 Å². The standard InChI is InChI=1S/C14H12N2O5S/c1-8(9-2-3-11-12(4-9)21-7-20-11)15-14(17)10-5-13(16(18)19)22-6-10/h2-6,8H,7H2,1H3,(H,15,17)/t8-/m0/s1. The van der Waals surface area contributed by atoms with Gasteiger partial charge in [0, 0.05) is 11.4 Å². The lowest BCUT2D eigenvalue weighted by atomic mass is 10.1. The molecular formula is C14H12N2O5S. The fourth-order valence-corrected chi connectivity index (χ4v) is 2.79. The van der Waals surface area contributed by atoms with Crippen LogP contribution in [0.15, 0.2) is 29.6 Å². The first-order valence-corrected chi connectivity index (χ1v) is 7.36. The van der Waals surface area contributed by atoms with E-state index in [1.54, 1.807) is 6.07 Å². The average Bonchev–Trinajstić information content (AvgIpc) is 3.15. The Morgan fingerprint density at radius 1 is 1.36 bits per heavy atom. The SMILES string of the molecule is C[C@H](NC(=O)c1csc([N+](=O)[O-])c1)c1ccc2c(c1)OCO2. The van der Waals surface area contributed by atoms with E-state index in [1.807, 2.05) is 19.1 Å². The van der Waals surface area contributed by atoms with Crippen LogP contribution in [0.5, 0.6) is 11.5 Å². The summed E-state index contributed by atoms with van der Waals surface area (Å²) in [6.07, 6.45) is 0. The molecule has 2 heterocycles. The highest BCUT2D eigenvalue weighted by atomic mass is 32.1. The monoisotopic (exact) mass is 320 g/mol. The molecule has 0 spiro atoms. The molecule has 1 atom stereocenters. The number of thiophene rings is 1. The minimum atomic E-state index is -0.511. The summed E-state index contributed by atoms with van der Waals surface area (Å²) >= 11 is 0.929. The lowest BCUT2D eigenvalue weighted by Gasteiger charge is -2.14. The third-order valence-corrected chi connectivity index (χ3v) is 4.15. The Morgan fingerprint density at radius 3 is 2.86 bits per heavy atom. The molecule has 0 radical (unpaired) electrons. The minimum Gasteiger partial charge on any atom is -0.454 e. The summed E-state index contributed by atoms with van der Waals surface area (Å²) in [5.74, 6) is 0.968. The van der Waals surface area contributed by atoms with Crippen LogP contribution < -0.4 is 14.8 Å². The predicted molar refractivity (Wildman–Crippen MR) is 79.4 cm³/mol. The Labute approximate surface area is 129 Å². The van der Waals surface area contributed by atoms with Crippen LogP contribution in [0.25, 0.3) is 0 Å². The molecule has 0 fully saturated rings. The highest BCUT2D eigenvalue weighted by Crippen LogP contribution is 2.34. The van der Waals surface area contributed by atoms with Crippen molar-refractivity contribution in [1.82, 2.24) is 5.32 Å². The third kappa shape index (κ3) is 2.73. The zero-order valence-electron chi connectivity index (χ0n) is 11.6. The van der Waals surface area contributed by atoms with Crippen molar-refractivity contribution in [3.05, 3.63) is 50.9 Å². The maximum Gasteiger partial charge on any atom is 0.324 e. The number of hydrogen-bond donors (Lipinski definition) is 1. The Balaban J connectivity index is 1.71. The van der Waals surface area contributed by atoms with Crippen molar-refractivity contribution >= 4 is 22.2 Å². The van der Waals surface area contributed by atoms with Crippen LogP contribution in [-0.2, 0) is 0 Å². The van der Waals surface area contributed by atoms with Crippen molar-refractivity contribution < 1.29 is 19.2 Å². The first-order chi connectivity index (χ1) is 10.5. The molecule has 1 aliphatic rings. The number of nitrogens with one attached hydrogen (secondary N) is 1. The van der Waals surface area contributed by atoms with Gasteiger partial charge in [0.1, 0.15) is 0 Å². The van der Waals surface area contributed by atoms with Crippen molar-refractivity contribution in [3.8, 4) is 11.5 Å². The van der Waals surface area contributed by atoms with Gasteiger partial charge in [-0.15, -0.1) is 0 Å². The van der Waals surface area contributed by atoms with Crippen molar-refractivity contribution in [1.29, 1.82) is 0 Å². The van der Waals surface area contributed by atoms with E-state index in [1.165, 1.54) is 11.4 Å². The molecular weight excluding hydrogens is 308 g/mol. The van der Waals surface area contributed by atoms with E-state index in [-0.39, 0.29) is 29.3 Å². The molecule has 114 valence electrons. The van der Waals surface area contributed by atoms with E-state index in [0.29, 0.717) is 11.5 Å². The molecule has 1 N–H and O–H groups in total. The molecule has 0 saturated heterocycles. The molecule has 8 heteroatoms. The van der Waals surface area contributed by atoms with Gasteiger partial charge in [0.25, 0.3) is 5.91 Å². The number of nitro groups is 1. The fraction of sp³-hybridized carbons (Fsp3) is 0.214.